The minimum atomic E-state index is 0.113. The van der Waals surface area contributed by atoms with E-state index in [0.29, 0.717) is 0 Å². The SMILES string of the molecule is CCn1ccnc1C(NC)c1cc(Br)sc1Br. The van der Waals surface area contributed by atoms with Crippen LogP contribution in [0.2, 0.25) is 0 Å². The number of imidazole rings is 1. The van der Waals surface area contributed by atoms with Gasteiger partial charge >= 0.3 is 0 Å². The Kier molecular flexibility index (Phi) is 4.41. The lowest BCUT2D eigenvalue weighted by Crippen LogP contribution is -2.21. The second kappa shape index (κ2) is 5.65. The Hall–Kier alpha value is -0.170. The highest BCUT2D eigenvalue weighted by Gasteiger charge is 2.21. The zero-order valence-electron chi connectivity index (χ0n) is 9.58. The number of aryl methyl sites for hydroxylation is 1. The summed E-state index contributed by atoms with van der Waals surface area (Å²) in [6.45, 7) is 3.05. The van der Waals surface area contributed by atoms with Crippen LogP contribution in [-0.4, -0.2) is 16.6 Å². The van der Waals surface area contributed by atoms with Gasteiger partial charge in [0.15, 0.2) is 0 Å². The van der Waals surface area contributed by atoms with Gasteiger partial charge in [0, 0.05) is 24.5 Å². The van der Waals surface area contributed by atoms with Crippen molar-refractivity contribution in [2.45, 2.75) is 19.5 Å². The van der Waals surface area contributed by atoms with Crippen LogP contribution in [-0.2, 0) is 6.54 Å². The fourth-order valence-electron chi connectivity index (χ4n) is 1.82. The first-order chi connectivity index (χ1) is 8.17. The molecule has 0 bridgehead atoms. The lowest BCUT2D eigenvalue weighted by atomic mass is 10.1. The van der Waals surface area contributed by atoms with E-state index in [1.54, 1.807) is 11.3 Å². The lowest BCUT2D eigenvalue weighted by molar-refractivity contribution is 0.590. The Labute approximate surface area is 122 Å². The van der Waals surface area contributed by atoms with Gasteiger partial charge in [-0.1, -0.05) is 0 Å². The van der Waals surface area contributed by atoms with Crippen LogP contribution in [0.5, 0.6) is 0 Å². The molecule has 0 amide bonds. The molecule has 1 atom stereocenters. The molecule has 2 aromatic heterocycles. The van der Waals surface area contributed by atoms with Crippen LogP contribution < -0.4 is 5.32 Å². The van der Waals surface area contributed by atoms with E-state index in [-0.39, 0.29) is 6.04 Å². The zero-order chi connectivity index (χ0) is 12.4. The van der Waals surface area contributed by atoms with Crippen molar-refractivity contribution < 1.29 is 0 Å². The number of aromatic nitrogens is 2. The van der Waals surface area contributed by atoms with E-state index in [2.05, 4.69) is 59.7 Å². The van der Waals surface area contributed by atoms with Crippen LogP contribution in [0, 0.1) is 0 Å². The van der Waals surface area contributed by atoms with Gasteiger partial charge in [-0.05, 0) is 51.9 Å². The van der Waals surface area contributed by atoms with Gasteiger partial charge in [0.05, 0.1) is 13.6 Å². The molecule has 0 aliphatic carbocycles. The Bertz CT molecular complexity index is 507. The van der Waals surface area contributed by atoms with Crippen molar-refractivity contribution in [3.8, 4) is 0 Å². The highest BCUT2D eigenvalue weighted by Crippen LogP contribution is 2.37. The molecule has 1 N–H and O–H groups in total. The van der Waals surface area contributed by atoms with E-state index in [9.17, 15) is 0 Å². The van der Waals surface area contributed by atoms with Gasteiger partial charge in [0.1, 0.15) is 5.82 Å². The molecule has 6 heteroatoms. The Balaban J connectivity index is 2.43. The summed E-state index contributed by atoms with van der Waals surface area (Å²) in [5, 5.41) is 3.32. The summed E-state index contributed by atoms with van der Waals surface area (Å²) in [6, 6.07) is 2.24. The van der Waals surface area contributed by atoms with Crippen LogP contribution in [0.1, 0.15) is 24.4 Å². The van der Waals surface area contributed by atoms with Crippen molar-refractivity contribution in [2.75, 3.05) is 7.05 Å². The largest absolute Gasteiger partial charge is 0.334 e. The summed E-state index contributed by atoms with van der Waals surface area (Å²) in [7, 11) is 1.96. The highest BCUT2D eigenvalue weighted by molar-refractivity contribution is 9.12. The van der Waals surface area contributed by atoms with Gasteiger partial charge in [-0.3, -0.25) is 0 Å². The van der Waals surface area contributed by atoms with E-state index >= 15 is 0 Å². The van der Waals surface area contributed by atoms with Crippen LogP contribution >= 0.6 is 43.2 Å². The first-order valence-corrected chi connectivity index (χ1v) is 7.70. The minimum Gasteiger partial charge on any atom is -0.334 e. The molecule has 3 nitrogen and oxygen atoms in total. The predicted molar refractivity (Wildman–Crippen MR) is 78.5 cm³/mol. The summed E-state index contributed by atoms with van der Waals surface area (Å²) >= 11 is 8.79. The van der Waals surface area contributed by atoms with Gasteiger partial charge in [0.25, 0.3) is 0 Å². The molecule has 2 aromatic rings. The van der Waals surface area contributed by atoms with Crippen LogP contribution in [0.3, 0.4) is 0 Å². The summed E-state index contributed by atoms with van der Waals surface area (Å²) < 4.78 is 4.41. The standard InChI is InChI=1S/C11H13Br2N3S/c1-3-16-5-4-15-11(16)9(14-2)7-6-8(12)17-10(7)13/h4-6,9,14H,3H2,1-2H3. The molecule has 17 heavy (non-hydrogen) atoms. The molecule has 0 spiro atoms. The molecule has 0 saturated carbocycles. The lowest BCUT2D eigenvalue weighted by Gasteiger charge is -2.16. The van der Waals surface area contributed by atoms with E-state index < -0.39 is 0 Å². The van der Waals surface area contributed by atoms with E-state index in [1.165, 1.54) is 5.56 Å². The number of thiophene rings is 1. The molecule has 2 heterocycles. The molecule has 1 unspecified atom stereocenters. The summed E-state index contributed by atoms with van der Waals surface area (Å²) in [6.07, 6.45) is 3.85. The van der Waals surface area contributed by atoms with Gasteiger partial charge in [-0.25, -0.2) is 4.98 Å². The molecule has 0 saturated heterocycles. The average molecular weight is 379 g/mol. The topological polar surface area (TPSA) is 29.9 Å². The van der Waals surface area contributed by atoms with E-state index in [4.69, 9.17) is 0 Å². The Morgan fingerprint density at radius 3 is 2.82 bits per heavy atom. The monoisotopic (exact) mass is 377 g/mol. The average Bonchev–Trinajstić information content (AvgIpc) is 2.88. The van der Waals surface area contributed by atoms with Crippen LogP contribution in [0.15, 0.2) is 26.0 Å². The molecule has 0 fully saturated rings. The molecule has 0 aromatic carbocycles. The van der Waals surface area contributed by atoms with Crippen LogP contribution in [0.4, 0.5) is 0 Å². The molecule has 0 radical (unpaired) electrons. The second-order valence-electron chi connectivity index (χ2n) is 3.57. The number of nitrogens with one attached hydrogen (secondary N) is 1. The Morgan fingerprint density at radius 2 is 2.29 bits per heavy atom. The van der Waals surface area contributed by atoms with Gasteiger partial charge < -0.3 is 9.88 Å². The molecule has 2 rings (SSSR count). The second-order valence-corrected chi connectivity index (χ2v) is 7.32. The quantitative estimate of drug-likeness (QED) is 0.876. The van der Waals surface area contributed by atoms with Gasteiger partial charge in [-0.15, -0.1) is 11.3 Å². The number of nitrogens with zero attached hydrogens (tertiary/aromatic N) is 2. The van der Waals surface area contributed by atoms with Crippen molar-refractivity contribution in [3.63, 3.8) is 0 Å². The van der Waals surface area contributed by atoms with Crippen molar-refractivity contribution >= 4 is 43.2 Å². The maximum atomic E-state index is 4.45. The van der Waals surface area contributed by atoms with Crippen molar-refractivity contribution in [2.24, 2.45) is 0 Å². The van der Waals surface area contributed by atoms with E-state index in [0.717, 1.165) is 19.9 Å². The summed E-state index contributed by atoms with van der Waals surface area (Å²) in [5.41, 5.74) is 1.21. The molecule has 0 aliphatic rings. The predicted octanol–water partition coefficient (Wildman–Crippen LogP) is 3.80. The number of rotatable bonds is 4. The minimum absolute atomic E-state index is 0.113. The van der Waals surface area contributed by atoms with Crippen molar-refractivity contribution in [3.05, 3.63) is 37.4 Å². The van der Waals surface area contributed by atoms with Gasteiger partial charge in [-0.2, -0.15) is 0 Å². The number of hydrogen-bond donors (Lipinski definition) is 1. The maximum Gasteiger partial charge on any atom is 0.130 e. The molecular weight excluding hydrogens is 366 g/mol. The normalized spacial score (nSPS) is 12.9. The Morgan fingerprint density at radius 1 is 1.53 bits per heavy atom. The number of halogens is 2. The van der Waals surface area contributed by atoms with Gasteiger partial charge in [0.2, 0.25) is 0 Å². The maximum absolute atomic E-state index is 4.45. The third kappa shape index (κ3) is 2.65. The smallest absolute Gasteiger partial charge is 0.130 e. The van der Waals surface area contributed by atoms with Crippen LogP contribution in [0.25, 0.3) is 0 Å². The zero-order valence-corrected chi connectivity index (χ0v) is 13.6. The summed E-state index contributed by atoms with van der Waals surface area (Å²) in [4.78, 5) is 4.45. The molecular formula is C11H13Br2N3S. The fraction of sp³-hybridized carbons (Fsp3) is 0.364. The molecule has 92 valence electrons. The van der Waals surface area contributed by atoms with Crippen molar-refractivity contribution in [1.29, 1.82) is 0 Å². The third-order valence-electron chi connectivity index (χ3n) is 2.63. The first-order valence-electron chi connectivity index (χ1n) is 5.30. The molecule has 0 aliphatic heterocycles. The fourth-order valence-corrected chi connectivity index (χ4v) is 4.72. The van der Waals surface area contributed by atoms with E-state index in [1.807, 2.05) is 19.4 Å². The summed E-state index contributed by atoms with van der Waals surface area (Å²) in [5.74, 6) is 1.04. The van der Waals surface area contributed by atoms with Crippen molar-refractivity contribution in [1.82, 2.24) is 14.9 Å². The first kappa shape index (κ1) is 13.3. The highest BCUT2D eigenvalue weighted by atomic mass is 79.9. The third-order valence-corrected chi connectivity index (χ3v) is 5.02. The number of hydrogen-bond acceptors (Lipinski definition) is 3.